The fourth-order valence-corrected chi connectivity index (χ4v) is 7.69. The summed E-state index contributed by atoms with van der Waals surface area (Å²) in [6.45, 7) is -0.692. The molecule has 1 aliphatic carbocycles. The minimum Gasteiger partial charge on any atom is -0.870 e. The summed E-state index contributed by atoms with van der Waals surface area (Å²) in [7, 11) is -10.4. The van der Waals surface area contributed by atoms with Gasteiger partial charge in [-0.3, -0.25) is 14.1 Å². The Labute approximate surface area is 377 Å². The molecule has 0 aromatic heterocycles. The van der Waals surface area contributed by atoms with Gasteiger partial charge < -0.3 is 25.0 Å². The minimum atomic E-state index is -5.28. The number of rotatable bonds is 12. The van der Waals surface area contributed by atoms with E-state index in [4.69, 9.17) is 32.7 Å². The molecule has 0 bridgehead atoms. The molecule has 0 atom stereocenters. The van der Waals surface area contributed by atoms with Crippen molar-refractivity contribution in [1.29, 1.82) is 0 Å². The molecule has 0 aliphatic heterocycles. The van der Waals surface area contributed by atoms with Crippen LogP contribution < -0.4 is 84.1 Å². The van der Waals surface area contributed by atoms with Crippen molar-refractivity contribution < 1.29 is 105 Å². The van der Waals surface area contributed by atoms with Gasteiger partial charge in [0.2, 0.25) is 0 Å². The number of nitrogens with zero attached hydrogens (tertiary/aromatic N) is 3. The van der Waals surface area contributed by atoms with Gasteiger partial charge >= 0.3 is 59.1 Å². The van der Waals surface area contributed by atoms with Crippen LogP contribution in [0.25, 0.3) is 10.8 Å². The maximum atomic E-state index is 14.1. The van der Waals surface area contributed by atoms with Gasteiger partial charge in [-0.15, -0.1) is 10.2 Å². The Morgan fingerprint density at radius 2 is 1.45 bits per heavy atom. The van der Waals surface area contributed by atoms with Gasteiger partial charge in [0.1, 0.15) is 27.8 Å². The molecule has 282 valence electrons. The number of azo groups is 1. The second-order valence-electron chi connectivity index (χ2n) is 12.1. The molecule has 0 spiro atoms. The maximum Gasteiger partial charge on any atom is 1.00 e. The first-order valence-corrected chi connectivity index (χ1v) is 19.9. The minimum absolute atomic E-state index is 0. The molecule has 56 heavy (non-hydrogen) atoms. The molecule has 1 fully saturated rings. The zero-order valence-electron chi connectivity index (χ0n) is 30.0. The van der Waals surface area contributed by atoms with Crippen molar-refractivity contribution in [2.24, 2.45) is 15.2 Å². The Bertz CT molecular complexity index is 2520. The fourth-order valence-electron chi connectivity index (χ4n) is 5.90. The van der Waals surface area contributed by atoms with Crippen molar-refractivity contribution in [2.45, 2.75) is 47.9 Å². The van der Waals surface area contributed by atoms with Crippen molar-refractivity contribution in [3.05, 3.63) is 95.0 Å². The zero-order chi connectivity index (χ0) is 38.6. The normalized spacial score (nSPS) is 13.9. The van der Waals surface area contributed by atoms with E-state index in [2.05, 4.69) is 20.5 Å². The Balaban J connectivity index is 0.00000348. The fraction of sp³-hybridized carbons (Fsp3) is 0.194. The largest absolute Gasteiger partial charge is 1.00 e. The summed E-state index contributed by atoms with van der Waals surface area (Å²) in [6, 6.07) is 20.5. The molecule has 5 aromatic rings. The molecule has 1 aliphatic rings. The van der Waals surface area contributed by atoms with Crippen LogP contribution >= 0.6 is 23.2 Å². The molecule has 6 rings (SSSR count). The van der Waals surface area contributed by atoms with E-state index in [9.17, 15) is 36.2 Å². The van der Waals surface area contributed by atoms with Crippen LogP contribution in [0.5, 0.6) is 23.0 Å². The molecule has 0 radical (unpaired) electrons. The number of hydrogen-bond acceptors (Lipinski definition) is 12. The van der Waals surface area contributed by atoms with E-state index in [0.717, 1.165) is 43.5 Å². The van der Waals surface area contributed by atoms with Crippen molar-refractivity contribution in [1.82, 2.24) is 0 Å². The number of halogens is 2. The van der Waals surface area contributed by atoms with Gasteiger partial charge in [-0.25, -0.2) is 0 Å². The first-order chi connectivity index (χ1) is 25.7. The van der Waals surface area contributed by atoms with Crippen LogP contribution in [0, 0.1) is 0 Å². The number of benzene rings is 5. The third kappa shape index (κ3) is 11.2. The molecule has 3 N–H and O–H groups in total. The van der Waals surface area contributed by atoms with Crippen LogP contribution in [0.15, 0.2) is 110 Å². The van der Waals surface area contributed by atoms with E-state index in [1.807, 2.05) is 12.1 Å². The van der Waals surface area contributed by atoms with Crippen molar-refractivity contribution >= 4 is 82.9 Å². The Morgan fingerprint density at radius 1 is 0.786 bits per heavy atom. The van der Waals surface area contributed by atoms with Crippen molar-refractivity contribution in [2.75, 3.05) is 11.9 Å². The first kappa shape index (κ1) is 45.7. The zero-order valence-corrected chi connectivity index (χ0v) is 37.1. The third-order valence-corrected chi connectivity index (χ3v) is 10.7. The first-order valence-electron chi connectivity index (χ1n) is 16.3. The van der Waals surface area contributed by atoms with Crippen molar-refractivity contribution in [3.8, 4) is 23.0 Å². The number of hydrogen-bond donors (Lipinski definition) is 3. The summed E-state index contributed by atoms with van der Waals surface area (Å²) >= 11 is 12.0. The van der Waals surface area contributed by atoms with E-state index in [0.29, 0.717) is 16.8 Å². The molecule has 0 heterocycles. The summed E-state index contributed by atoms with van der Waals surface area (Å²) in [5, 5.41) is 37.6. The SMILES string of the molecule is O=S(=O)(O)c1cc2c(S(=O)(=O)O)ccc(N=C([O-])COc3ccc(Cl)cc3Cl)c2c([O-])c1N=Nc1ccccc1Oc1ccccc1NC1CCCCC1.[Na+].[Na+]. The maximum absolute atomic E-state index is 14.1. The molecular weight excluding hydrogens is 829 g/mol. The summed E-state index contributed by atoms with van der Waals surface area (Å²) in [6.07, 6.45) is 5.44. The second kappa shape index (κ2) is 19.7. The Morgan fingerprint density at radius 3 is 2.12 bits per heavy atom. The predicted molar refractivity (Wildman–Crippen MR) is 200 cm³/mol. The molecule has 0 saturated heterocycles. The molecule has 5 aromatic carbocycles. The van der Waals surface area contributed by atoms with E-state index in [1.54, 1.807) is 30.3 Å². The average molecular weight is 860 g/mol. The van der Waals surface area contributed by atoms with Crippen LogP contribution in [0.2, 0.25) is 10.0 Å². The van der Waals surface area contributed by atoms with Gasteiger partial charge in [-0.05, 0) is 73.5 Å². The molecule has 20 heteroatoms. The van der Waals surface area contributed by atoms with Crippen LogP contribution in [-0.4, -0.2) is 44.5 Å². The molecule has 0 unspecified atom stereocenters. The van der Waals surface area contributed by atoms with Gasteiger partial charge in [0.15, 0.2) is 11.5 Å². The van der Waals surface area contributed by atoms with Crippen LogP contribution in [0.1, 0.15) is 32.1 Å². The van der Waals surface area contributed by atoms with E-state index in [1.165, 1.54) is 30.7 Å². The topological polar surface area (TPSA) is 222 Å². The number of para-hydroxylation sites is 3. The van der Waals surface area contributed by atoms with E-state index >= 15 is 0 Å². The standard InChI is InChI=1S/C36H32Cl2N4O10S2.2Na/c37-21-14-16-28(24(38)18-21)51-20-33(43)40-27-15-17-31(53(45,46)47)23-19-32(54(48,49)50)35(36(44)34(23)27)42-41-26-11-5-7-13-30(26)52-29-12-6-4-10-25(29)39-22-8-2-1-3-9-22;;/h4-7,10-19,22,39,44H,1-3,8-9,20H2,(H,40,43)(H,45,46,47)(H,48,49,50);;/q;2*+1/p-2. The van der Waals surface area contributed by atoms with Crippen LogP contribution in [0.4, 0.5) is 22.7 Å². The van der Waals surface area contributed by atoms with Crippen molar-refractivity contribution in [3.63, 3.8) is 0 Å². The number of aliphatic imine (C=N–C) groups is 1. The average Bonchev–Trinajstić information content (AvgIpc) is 3.11. The summed E-state index contributed by atoms with van der Waals surface area (Å²) in [5.74, 6) is -1.52. The van der Waals surface area contributed by atoms with E-state index < -0.39 is 70.4 Å². The van der Waals surface area contributed by atoms with Gasteiger partial charge in [0.05, 0.1) is 22.1 Å². The van der Waals surface area contributed by atoms with Crippen LogP contribution in [0.3, 0.4) is 0 Å². The van der Waals surface area contributed by atoms with Crippen LogP contribution in [-0.2, 0) is 20.2 Å². The molecule has 1 saturated carbocycles. The quantitative estimate of drug-likeness (QED) is 0.0542. The molecular formula is C36H30Cl2N4Na2O10S2. The summed E-state index contributed by atoms with van der Waals surface area (Å²) in [4.78, 5) is 1.84. The predicted octanol–water partition coefficient (Wildman–Crippen LogP) is 2.14. The monoisotopic (exact) mass is 858 g/mol. The number of fused-ring (bicyclic) bond motifs is 1. The second-order valence-corrected chi connectivity index (χ2v) is 15.7. The number of anilines is 1. The Hall–Kier alpha value is -2.97. The van der Waals surface area contributed by atoms with E-state index in [-0.39, 0.29) is 87.4 Å². The van der Waals surface area contributed by atoms with Gasteiger partial charge in [-0.2, -0.15) is 16.8 Å². The van der Waals surface area contributed by atoms with Gasteiger partial charge in [0.25, 0.3) is 20.2 Å². The number of ether oxygens (including phenoxy) is 2. The third-order valence-electron chi connectivity index (χ3n) is 8.38. The summed E-state index contributed by atoms with van der Waals surface area (Å²) < 4.78 is 81.6. The number of nitrogens with one attached hydrogen (secondary N) is 1. The molecule has 14 nitrogen and oxygen atoms in total. The summed E-state index contributed by atoms with van der Waals surface area (Å²) in [5.41, 5.74) is -0.582. The molecule has 0 amide bonds. The van der Waals surface area contributed by atoms with Gasteiger partial charge in [0, 0.05) is 27.7 Å². The van der Waals surface area contributed by atoms with Gasteiger partial charge in [-0.1, -0.05) is 72.5 Å². The smallest absolute Gasteiger partial charge is 0.870 e. The Kier molecular flexibility index (Phi) is 16.0.